The number of rotatable bonds is 10. The summed E-state index contributed by atoms with van der Waals surface area (Å²) < 4.78 is 16.4. The van der Waals surface area contributed by atoms with E-state index in [0.29, 0.717) is 24.5 Å². The van der Waals surface area contributed by atoms with Crippen molar-refractivity contribution >= 4 is 12.4 Å². The van der Waals surface area contributed by atoms with Crippen LogP contribution < -0.4 is 19.9 Å². The second-order valence-corrected chi connectivity index (χ2v) is 7.18. The molecule has 6 heteroatoms. The summed E-state index contributed by atoms with van der Waals surface area (Å²) in [4.78, 5) is 0. The van der Waals surface area contributed by atoms with Crippen LogP contribution in [0.15, 0.2) is 72.8 Å². The number of methoxy groups -OCH3 is 2. The van der Waals surface area contributed by atoms with Gasteiger partial charge in [0.25, 0.3) is 0 Å². The summed E-state index contributed by atoms with van der Waals surface area (Å²) in [6, 6.07) is 22.9. The van der Waals surface area contributed by atoms with Gasteiger partial charge in [0.05, 0.1) is 20.3 Å². The molecule has 3 aromatic carbocycles. The van der Waals surface area contributed by atoms with Crippen molar-refractivity contribution in [3.63, 3.8) is 0 Å². The molecule has 3 rings (SSSR count). The molecule has 0 fully saturated rings. The quantitative estimate of drug-likeness (QED) is 0.475. The first-order valence-corrected chi connectivity index (χ1v) is 10.0. The fourth-order valence-electron chi connectivity index (χ4n) is 3.28. The number of nitrogens with two attached hydrogens (primary N) is 1. The maximum atomic E-state index is 10.6. The van der Waals surface area contributed by atoms with Crippen molar-refractivity contribution in [2.45, 2.75) is 31.6 Å². The van der Waals surface area contributed by atoms with Crippen molar-refractivity contribution in [1.29, 1.82) is 0 Å². The maximum Gasteiger partial charge on any atom is 0.160 e. The molecule has 0 radical (unpaired) electrons. The molecule has 0 aliphatic heterocycles. The van der Waals surface area contributed by atoms with E-state index in [1.54, 1.807) is 14.2 Å². The maximum absolute atomic E-state index is 10.6. The van der Waals surface area contributed by atoms with E-state index in [0.717, 1.165) is 28.9 Å². The second kappa shape index (κ2) is 12.2. The summed E-state index contributed by atoms with van der Waals surface area (Å²) in [6.07, 6.45) is 0.632. The molecular formula is C25H30ClNO4. The van der Waals surface area contributed by atoms with Crippen molar-refractivity contribution in [2.75, 3.05) is 14.2 Å². The Balaban J connectivity index is 0.00000341. The van der Waals surface area contributed by atoms with Gasteiger partial charge in [0.2, 0.25) is 0 Å². The lowest BCUT2D eigenvalue weighted by Crippen LogP contribution is -2.28. The number of halogens is 1. The van der Waals surface area contributed by atoms with E-state index in [4.69, 9.17) is 19.9 Å². The monoisotopic (exact) mass is 443 g/mol. The molecule has 3 N–H and O–H groups in total. The minimum Gasteiger partial charge on any atom is -0.493 e. The van der Waals surface area contributed by atoms with Gasteiger partial charge in [0.15, 0.2) is 11.5 Å². The average molecular weight is 444 g/mol. The van der Waals surface area contributed by atoms with E-state index in [-0.39, 0.29) is 18.4 Å². The van der Waals surface area contributed by atoms with Gasteiger partial charge in [-0.25, -0.2) is 0 Å². The summed E-state index contributed by atoms with van der Waals surface area (Å²) in [5, 5.41) is 10.6. The van der Waals surface area contributed by atoms with Gasteiger partial charge < -0.3 is 25.1 Å². The molecule has 3 aromatic rings. The van der Waals surface area contributed by atoms with E-state index in [2.05, 4.69) is 0 Å². The molecule has 0 spiro atoms. The highest BCUT2D eigenvalue weighted by molar-refractivity contribution is 5.85. The predicted octanol–water partition coefficient (Wildman–Crippen LogP) is 4.70. The highest BCUT2D eigenvalue weighted by atomic mass is 35.5. The van der Waals surface area contributed by atoms with Gasteiger partial charge >= 0.3 is 0 Å². The molecule has 0 saturated heterocycles. The van der Waals surface area contributed by atoms with Crippen LogP contribution in [-0.4, -0.2) is 25.4 Å². The zero-order valence-electron chi connectivity index (χ0n) is 17.9. The Labute approximate surface area is 190 Å². The summed E-state index contributed by atoms with van der Waals surface area (Å²) in [7, 11) is 3.23. The van der Waals surface area contributed by atoms with Gasteiger partial charge in [-0.15, -0.1) is 12.4 Å². The highest BCUT2D eigenvalue weighted by Crippen LogP contribution is 2.29. The fraction of sp³-hybridized carbons (Fsp3) is 0.280. The van der Waals surface area contributed by atoms with E-state index in [1.165, 1.54) is 0 Å². The zero-order valence-corrected chi connectivity index (χ0v) is 18.7. The van der Waals surface area contributed by atoms with Crippen LogP contribution in [0.1, 0.15) is 29.2 Å². The standard InChI is InChI=1S/C25H29NO4.ClH/c1-28-23-15-9-18(16-24(23)29-2)8-14-22(26)25(27)20-10-12-21(13-11-20)30-17-19-6-4-3-5-7-19;/h3-7,9-13,15-16,22,25,27H,8,14,17,26H2,1-2H3;1H. The predicted molar refractivity (Wildman–Crippen MR) is 125 cm³/mol. The summed E-state index contributed by atoms with van der Waals surface area (Å²) in [6.45, 7) is 0.508. The third kappa shape index (κ3) is 6.89. The molecule has 0 amide bonds. The second-order valence-electron chi connectivity index (χ2n) is 7.18. The van der Waals surface area contributed by atoms with Crippen LogP contribution in [-0.2, 0) is 13.0 Å². The van der Waals surface area contributed by atoms with Crippen molar-refractivity contribution in [1.82, 2.24) is 0 Å². The molecular weight excluding hydrogens is 414 g/mol. The molecule has 0 aliphatic carbocycles. The topological polar surface area (TPSA) is 73.9 Å². The van der Waals surface area contributed by atoms with Gasteiger partial charge in [0, 0.05) is 6.04 Å². The lowest BCUT2D eigenvalue weighted by molar-refractivity contribution is 0.142. The third-order valence-electron chi connectivity index (χ3n) is 5.09. The minimum absolute atomic E-state index is 0. The van der Waals surface area contributed by atoms with Crippen LogP contribution in [0.2, 0.25) is 0 Å². The molecule has 166 valence electrons. The van der Waals surface area contributed by atoms with Crippen molar-refractivity contribution < 1.29 is 19.3 Å². The zero-order chi connectivity index (χ0) is 21.3. The number of benzene rings is 3. The lowest BCUT2D eigenvalue weighted by Gasteiger charge is -2.20. The number of aryl methyl sites for hydroxylation is 1. The van der Waals surface area contributed by atoms with Crippen molar-refractivity contribution in [3.8, 4) is 17.2 Å². The van der Waals surface area contributed by atoms with E-state index >= 15 is 0 Å². The molecule has 0 aliphatic rings. The number of aliphatic hydroxyl groups is 1. The van der Waals surface area contributed by atoms with Crippen LogP contribution in [0.25, 0.3) is 0 Å². The first-order valence-electron chi connectivity index (χ1n) is 10.0. The number of aliphatic hydroxyl groups excluding tert-OH is 1. The van der Waals surface area contributed by atoms with Gasteiger partial charge in [-0.2, -0.15) is 0 Å². The summed E-state index contributed by atoms with van der Waals surface area (Å²) in [5.74, 6) is 2.14. The van der Waals surface area contributed by atoms with Gasteiger partial charge in [-0.3, -0.25) is 0 Å². The Morgan fingerprint density at radius 3 is 2.16 bits per heavy atom. The number of hydrogen-bond acceptors (Lipinski definition) is 5. The van der Waals surface area contributed by atoms with E-state index in [9.17, 15) is 5.11 Å². The first-order chi connectivity index (χ1) is 14.6. The first kappa shape index (κ1) is 24.5. The Kier molecular flexibility index (Phi) is 9.66. The molecule has 0 aromatic heterocycles. The van der Waals surface area contributed by atoms with Crippen LogP contribution in [0.3, 0.4) is 0 Å². The largest absolute Gasteiger partial charge is 0.493 e. The normalized spacial score (nSPS) is 12.4. The van der Waals surface area contributed by atoms with Crippen LogP contribution >= 0.6 is 12.4 Å². The van der Waals surface area contributed by atoms with Crippen LogP contribution in [0.5, 0.6) is 17.2 Å². The Morgan fingerprint density at radius 2 is 1.52 bits per heavy atom. The number of hydrogen-bond donors (Lipinski definition) is 2. The minimum atomic E-state index is -0.742. The SMILES string of the molecule is COc1ccc(CCC(N)C(O)c2ccc(OCc3ccccc3)cc2)cc1OC.Cl. The molecule has 31 heavy (non-hydrogen) atoms. The Bertz CT molecular complexity index is 919. The molecule has 0 bridgehead atoms. The van der Waals surface area contributed by atoms with Crippen LogP contribution in [0.4, 0.5) is 0 Å². The van der Waals surface area contributed by atoms with E-state index < -0.39 is 6.10 Å². The summed E-state index contributed by atoms with van der Waals surface area (Å²) in [5.41, 5.74) is 9.23. The van der Waals surface area contributed by atoms with Gasteiger partial charge in [-0.1, -0.05) is 48.5 Å². The van der Waals surface area contributed by atoms with Gasteiger partial charge in [-0.05, 0) is 53.8 Å². The lowest BCUT2D eigenvalue weighted by atomic mass is 9.97. The highest BCUT2D eigenvalue weighted by Gasteiger charge is 2.17. The summed E-state index contributed by atoms with van der Waals surface area (Å²) >= 11 is 0. The Morgan fingerprint density at radius 1 is 0.839 bits per heavy atom. The Hall–Kier alpha value is -2.73. The third-order valence-corrected chi connectivity index (χ3v) is 5.09. The molecule has 0 heterocycles. The van der Waals surface area contributed by atoms with E-state index in [1.807, 2.05) is 72.8 Å². The molecule has 2 unspecified atom stereocenters. The fourth-order valence-corrected chi connectivity index (χ4v) is 3.28. The molecule has 2 atom stereocenters. The van der Waals surface area contributed by atoms with Crippen LogP contribution in [0, 0.1) is 0 Å². The molecule has 0 saturated carbocycles. The molecule has 5 nitrogen and oxygen atoms in total. The number of ether oxygens (including phenoxy) is 3. The average Bonchev–Trinajstić information content (AvgIpc) is 2.81. The van der Waals surface area contributed by atoms with Gasteiger partial charge in [0.1, 0.15) is 12.4 Å². The van der Waals surface area contributed by atoms with Crippen molar-refractivity contribution in [2.24, 2.45) is 5.73 Å². The smallest absolute Gasteiger partial charge is 0.160 e. The van der Waals surface area contributed by atoms with Crippen molar-refractivity contribution in [3.05, 3.63) is 89.5 Å².